The molecular formula is C28H31F2O6S2+. The molecule has 0 aliphatic rings. The van der Waals surface area contributed by atoms with Gasteiger partial charge in [0.15, 0.2) is 14.7 Å². The number of halogens is 2. The summed E-state index contributed by atoms with van der Waals surface area (Å²) in [5.41, 5.74) is -1.03. The van der Waals surface area contributed by atoms with Crippen LogP contribution < -0.4 is 0 Å². The fraction of sp³-hybridized carbons (Fsp3) is 0.250. The number of hydrogen-bond acceptors (Lipinski definition) is 5. The van der Waals surface area contributed by atoms with Crippen molar-refractivity contribution in [3.05, 3.63) is 103 Å². The summed E-state index contributed by atoms with van der Waals surface area (Å²) in [4.78, 5) is 15.4. The number of ether oxygens (including phenoxy) is 2. The number of rotatable bonds is 9. The number of benzene rings is 3. The number of carbonyl (C=O) groups excluding carboxylic acids is 1. The Morgan fingerprint density at radius 3 is 1.53 bits per heavy atom. The summed E-state index contributed by atoms with van der Waals surface area (Å²) in [5.74, 6) is -0.845. The molecule has 0 aromatic heterocycles. The van der Waals surface area contributed by atoms with Crippen molar-refractivity contribution in [3.8, 4) is 0 Å². The number of alkyl halides is 2. The second kappa shape index (κ2) is 13.7. The SMILES string of the molecule is C=C(COCC(F)(F)S(=O)(=O)O)C(=O)OC(C)(C)C.c1ccc([S+](c2ccccc2)c2ccccc2)cc1. The molecule has 0 aliphatic carbocycles. The van der Waals surface area contributed by atoms with E-state index in [-0.39, 0.29) is 16.5 Å². The maximum atomic E-state index is 12.7. The molecule has 0 saturated carbocycles. The summed E-state index contributed by atoms with van der Waals surface area (Å²) in [6.07, 6.45) is 0. The van der Waals surface area contributed by atoms with Crippen molar-refractivity contribution in [2.24, 2.45) is 0 Å². The molecular weight excluding hydrogens is 534 g/mol. The highest BCUT2D eigenvalue weighted by molar-refractivity contribution is 7.97. The monoisotopic (exact) mass is 565 g/mol. The molecule has 0 unspecified atom stereocenters. The molecule has 10 heteroatoms. The van der Waals surface area contributed by atoms with Gasteiger partial charge in [0.05, 0.1) is 23.1 Å². The van der Waals surface area contributed by atoms with Crippen molar-refractivity contribution in [1.29, 1.82) is 0 Å². The van der Waals surface area contributed by atoms with Crippen LogP contribution in [-0.4, -0.2) is 43.0 Å². The lowest BCUT2D eigenvalue weighted by atomic mass is 10.2. The van der Waals surface area contributed by atoms with Gasteiger partial charge < -0.3 is 9.47 Å². The third-order valence-electron chi connectivity index (χ3n) is 4.55. The molecule has 38 heavy (non-hydrogen) atoms. The number of carbonyl (C=O) groups is 1. The summed E-state index contributed by atoms with van der Waals surface area (Å²) in [5, 5.41) is -4.44. The first-order valence-electron chi connectivity index (χ1n) is 11.4. The van der Waals surface area contributed by atoms with Crippen molar-refractivity contribution < 1.29 is 36.0 Å². The van der Waals surface area contributed by atoms with Crippen LogP contribution in [-0.2, 0) is 35.3 Å². The molecule has 1 N–H and O–H groups in total. The van der Waals surface area contributed by atoms with Crippen molar-refractivity contribution >= 4 is 27.0 Å². The molecule has 204 valence electrons. The van der Waals surface area contributed by atoms with E-state index in [0.717, 1.165) is 0 Å². The Bertz CT molecular complexity index is 1180. The van der Waals surface area contributed by atoms with E-state index in [1.807, 2.05) is 0 Å². The van der Waals surface area contributed by atoms with Gasteiger partial charge in [0.25, 0.3) is 0 Å². The van der Waals surface area contributed by atoms with E-state index in [0.29, 0.717) is 0 Å². The van der Waals surface area contributed by atoms with Crippen LogP contribution in [0.5, 0.6) is 0 Å². The van der Waals surface area contributed by atoms with Crippen LogP contribution in [0.2, 0.25) is 0 Å². The minimum atomic E-state index is -5.55. The maximum Gasteiger partial charge on any atom is 0.392 e. The van der Waals surface area contributed by atoms with E-state index in [2.05, 4.69) is 102 Å². The standard InChI is InChI=1S/C18H15S.C10H16F2O6S/c1-4-10-16(11-5-1)19(17-12-6-2-7-13-17)18-14-8-3-9-15-18;1-7(8(13)18-9(2,3)4)5-17-6-10(11,12)19(14,15)16/h1-15H;1,5-6H2,2-4H3,(H,14,15,16)/q+1;. The van der Waals surface area contributed by atoms with Crippen LogP contribution in [0.25, 0.3) is 0 Å². The summed E-state index contributed by atoms with van der Waals surface area (Å²) in [7, 11) is -5.57. The molecule has 0 fully saturated rings. The van der Waals surface area contributed by atoms with Crippen LogP contribution >= 0.6 is 0 Å². The summed E-state index contributed by atoms with van der Waals surface area (Å²) < 4.78 is 63.4. The van der Waals surface area contributed by atoms with Gasteiger partial charge in [0.1, 0.15) is 12.2 Å². The molecule has 3 rings (SSSR count). The third-order valence-corrected chi connectivity index (χ3v) is 7.65. The number of hydrogen-bond donors (Lipinski definition) is 1. The quantitative estimate of drug-likeness (QED) is 0.145. The highest BCUT2D eigenvalue weighted by atomic mass is 32.2. The van der Waals surface area contributed by atoms with Crippen molar-refractivity contribution in [3.63, 3.8) is 0 Å². The van der Waals surface area contributed by atoms with Crippen LogP contribution in [0.3, 0.4) is 0 Å². The fourth-order valence-corrected chi connectivity index (χ4v) is 5.19. The minimum absolute atomic E-state index is 0.0146. The van der Waals surface area contributed by atoms with Gasteiger partial charge in [-0.1, -0.05) is 61.2 Å². The molecule has 3 aromatic carbocycles. The van der Waals surface area contributed by atoms with Crippen molar-refractivity contribution in [2.75, 3.05) is 13.2 Å². The van der Waals surface area contributed by atoms with Gasteiger partial charge in [-0.15, -0.1) is 0 Å². The zero-order valence-corrected chi connectivity index (χ0v) is 23.0. The zero-order chi connectivity index (χ0) is 28.4. The van der Waals surface area contributed by atoms with Gasteiger partial charge in [0, 0.05) is 0 Å². The third kappa shape index (κ3) is 10.0. The Labute approximate surface area is 225 Å². The largest absolute Gasteiger partial charge is 0.457 e. The van der Waals surface area contributed by atoms with E-state index >= 15 is 0 Å². The van der Waals surface area contributed by atoms with Gasteiger partial charge in [-0.25, -0.2) is 4.79 Å². The van der Waals surface area contributed by atoms with Gasteiger partial charge >= 0.3 is 21.3 Å². The lowest BCUT2D eigenvalue weighted by Crippen LogP contribution is -2.34. The number of esters is 1. The zero-order valence-electron chi connectivity index (χ0n) is 21.3. The fourth-order valence-electron chi connectivity index (χ4n) is 2.85. The van der Waals surface area contributed by atoms with E-state index in [1.165, 1.54) is 14.7 Å². The first-order valence-corrected chi connectivity index (χ1v) is 14.1. The lowest BCUT2D eigenvalue weighted by Gasteiger charge is -2.20. The van der Waals surface area contributed by atoms with E-state index in [1.54, 1.807) is 20.8 Å². The molecule has 0 aliphatic heterocycles. The topological polar surface area (TPSA) is 89.9 Å². The van der Waals surface area contributed by atoms with Gasteiger partial charge in [0.2, 0.25) is 0 Å². The Kier molecular flexibility index (Phi) is 11.2. The van der Waals surface area contributed by atoms with Crippen LogP contribution in [0.15, 0.2) is 118 Å². The molecule has 0 amide bonds. The lowest BCUT2D eigenvalue weighted by molar-refractivity contribution is -0.150. The Morgan fingerprint density at radius 1 is 0.842 bits per heavy atom. The molecule has 0 saturated heterocycles. The van der Waals surface area contributed by atoms with Gasteiger partial charge in [-0.2, -0.15) is 17.2 Å². The van der Waals surface area contributed by atoms with Crippen molar-refractivity contribution in [1.82, 2.24) is 0 Å². The molecule has 3 aromatic rings. The van der Waals surface area contributed by atoms with Gasteiger partial charge in [-0.05, 0) is 57.2 Å². The smallest absolute Gasteiger partial charge is 0.392 e. The Hall–Kier alpha value is -3.05. The Balaban J connectivity index is 0.000000267. The van der Waals surface area contributed by atoms with Crippen LogP contribution in [0.1, 0.15) is 20.8 Å². The average molecular weight is 566 g/mol. The first kappa shape index (κ1) is 31.2. The van der Waals surface area contributed by atoms with Crippen LogP contribution in [0, 0.1) is 0 Å². The summed E-state index contributed by atoms with van der Waals surface area (Å²) in [6.45, 7) is 5.84. The van der Waals surface area contributed by atoms with Crippen molar-refractivity contribution in [2.45, 2.75) is 46.3 Å². The normalized spacial score (nSPS) is 11.9. The van der Waals surface area contributed by atoms with E-state index in [9.17, 15) is 22.0 Å². The molecule has 0 atom stereocenters. The van der Waals surface area contributed by atoms with Crippen LogP contribution in [0.4, 0.5) is 8.78 Å². The highest BCUT2D eigenvalue weighted by Crippen LogP contribution is 2.30. The summed E-state index contributed by atoms with van der Waals surface area (Å²) in [6, 6.07) is 32.2. The molecule has 0 heterocycles. The van der Waals surface area contributed by atoms with E-state index in [4.69, 9.17) is 9.29 Å². The molecule has 0 radical (unpaired) electrons. The molecule has 0 spiro atoms. The second-order valence-electron chi connectivity index (χ2n) is 8.96. The van der Waals surface area contributed by atoms with Gasteiger partial charge in [-0.3, -0.25) is 4.55 Å². The van der Waals surface area contributed by atoms with E-state index < -0.39 is 40.2 Å². The molecule has 0 bridgehead atoms. The minimum Gasteiger partial charge on any atom is -0.457 e. The predicted octanol–water partition coefficient (Wildman–Crippen LogP) is 6.16. The first-order chi connectivity index (χ1) is 17.7. The Morgan fingerprint density at radius 2 is 1.21 bits per heavy atom. The maximum absolute atomic E-state index is 12.7. The predicted molar refractivity (Wildman–Crippen MR) is 144 cm³/mol. The second-order valence-corrected chi connectivity index (χ2v) is 12.5. The molecule has 6 nitrogen and oxygen atoms in total. The average Bonchev–Trinajstić information content (AvgIpc) is 2.85. The highest BCUT2D eigenvalue weighted by Gasteiger charge is 2.44. The summed E-state index contributed by atoms with van der Waals surface area (Å²) >= 11 is 0.